The largest absolute Gasteiger partial charge is 0.383 e. The minimum Gasteiger partial charge on any atom is -0.383 e. The van der Waals surface area contributed by atoms with Gasteiger partial charge >= 0.3 is 0 Å². The van der Waals surface area contributed by atoms with Crippen molar-refractivity contribution in [3.63, 3.8) is 0 Å². The smallest absolute Gasteiger partial charge is 0.279 e. The van der Waals surface area contributed by atoms with Crippen molar-refractivity contribution in [2.75, 3.05) is 20.8 Å². The van der Waals surface area contributed by atoms with Crippen molar-refractivity contribution in [3.05, 3.63) is 45.7 Å². The van der Waals surface area contributed by atoms with Crippen molar-refractivity contribution < 1.29 is 14.0 Å². The minimum absolute atomic E-state index is 0.192. The Bertz CT molecular complexity index is 1320. The minimum atomic E-state index is -0.545. The number of imidazole rings is 1. The van der Waals surface area contributed by atoms with Crippen LogP contribution < -0.4 is 5.56 Å². The summed E-state index contributed by atoms with van der Waals surface area (Å²) in [6, 6.07) is 5.48. The first-order valence-corrected chi connectivity index (χ1v) is 10.5. The van der Waals surface area contributed by atoms with Gasteiger partial charge < -0.3 is 18.6 Å². The van der Waals surface area contributed by atoms with Crippen molar-refractivity contribution in [2.24, 2.45) is 0 Å². The van der Waals surface area contributed by atoms with Crippen molar-refractivity contribution in [1.82, 2.24) is 24.1 Å². The monoisotopic (exact) mass is 443 g/mol. The number of aromatic nitrogens is 5. The number of hydrogen-bond donors (Lipinski definition) is 0. The van der Waals surface area contributed by atoms with Gasteiger partial charge in [0.2, 0.25) is 5.82 Å². The summed E-state index contributed by atoms with van der Waals surface area (Å²) in [5, 5.41) is 4.65. The third kappa shape index (κ3) is 3.07. The van der Waals surface area contributed by atoms with Gasteiger partial charge in [-0.25, -0.2) is 4.98 Å². The van der Waals surface area contributed by atoms with Crippen LogP contribution in [0.25, 0.3) is 28.1 Å². The van der Waals surface area contributed by atoms with E-state index in [4.69, 9.17) is 25.6 Å². The Hall–Kier alpha value is -2.75. The van der Waals surface area contributed by atoms with Crippen LogP contribution in [0.5, 0.6) is 0 Å². The van der Waals surface area contributed by atoms with Crippen LogP contribution in [0.3, 0.4) is 0 Å². The highest BCUT2D eigenvalue weighted by Crippen LogP contribution is 2.40. The summed E-state index contributed by atoms with van der Waals surface area (Å²) in [6.45, 7) is 0.708. The van der Waals surface area contributed by atoms with E-state index in [-0.39, 0.29) is 11.4 Å². The summed E-state index contributed by atoms with van der Waals surface area (Å²) >= 11 is 6.46. The average molecular weight is 444 g/mol. The lowest BCUT2D eigenvalue weighted by Crippen LogP contribution is -2.26. The Morgan fingerprint density at radius 2 is 2.03 bits per heavy atom. The first-order chi connectivity index (χ1) is 15.1. The highest BCUT2D eigenvalue weighted by Gasteiger charge is 2.40. The van der Waals surface area contributed by atoms with Crippen molar-refractivity contribution in [2.45, 2.75) is 37.8 Å². The number of halogens is 1. The molecular formula is C21H22ClN5O4. The van der Waals surface area contributed by atoms with E-state index >= 15 is 0 Å². The molecule has 1 aromatic carbocycles. The molecule has 9 nitrogen and oxygen atoms in total. The normalized spacial score (nSPS) is 16.0. The van der Waals surface area contributed by atoms with Crippen molar-refractivity contribution in [1.29, 1.82) is 0 Å². The fourth-order valence-corrected chi connectivity index (χ4v) is 4.72. The second-order valence-electron chi connectivity index (χ2n) is 7.70. The molecule has 31 heavy (non-hydrogen) atoms. The zero-order valence-electron chi connectivity index (χ0n) is 17.3. The van der Waals surface area contributed by atoms with Gasteiger partial charge in [-0.1, -0.05) is 22.8 Å². The number of hydrogen-bond acceptors (Lipinski definition) is 7. The molecule has 1 aliphatic rings. The summed E-state index contributed by atoms with van der Waals surface area (Å²) in [4.78, 5) is 22.5. The molecule has 0 bridgehead atoms. The topological polar surface area (TPSA) is 96.7 Å². The molecule has 4 aromatic rings. The lowest BCUT2D eigenvalue weighted by Gasteiger charge is -2.22. The second kappa shape index (κ2) is 7.74. The van der Waals surface area contributed by atoms with Gasteiger partial charge in [0.25, 0.3) is 11.4 Å². The Balaban J connectivity index is 1.73. The number of methoxy groups -OCH3 is 2. The summed E-state index contributed by atoms with van der Waals surface area (Å²) < 4.78 is 19.8. The molecule has 162 valence electrons. The SMILES string of the molecule is COCCn1c(=O)c2c(-c3nc(C4(OC)CCCC4)no3)ncn2c2cccc(Cl)c21. The Morgan fingerprint density at radius 1 is 1.23 bits per heavy atom. The van der Waals surface area contributed by atoms with E-state index in [0.717, 1.165) is 31.2 Å². The molecule has 5 rings (SSSR count). The fraction of sp³-hybridized carbons (Fsp3) is 0.429. The summed E-state index contributed by atoms with van der Waals surface area (Å²) in [5.74, 6) is 0.685. The molecule has 0 aliphatic heterocycles. The van der Waals surface area contributed by atoms with Crippen molar-refractivity contribution in [3.8, 4) is 11.6 Å². The third-order valence-corrected chi connectivity index (χ3v) is 6.37. The highest BCUT2D eigenvalue weighted by molar-refractivity contribution is 6.35. The van der Waals surface area contributed by atoms with Gasteiger partial charge in [-0.2, -0.15) is 4.98 Å². The molecule has 3 heterocycles. The number of para-hydroxylation sites is 1. The fourth-order valence-electron chi connectivity index (χ4n) is 4.45. The van der Waals surface area contributed by atoms with E-state index in [1.54, 1.807) is 35.6 Å². The molecule has 0 amide bonds. The summed E-state index contributed by atoms with van der Waals surface area (Å²) in [5.41, 5.74) is 1.25. The van der Waals surface area contributed by atoms with Gasteiger partial charge in [-0.05, 0) is 37.8 Å². The Morgan fingerprint density at radius 3 is 2.77 bits per heavy atom. The van der Waals surface area contributed by atoms with Gasteiger partial charge in [-0.3, -0.25) is 9.20 Å². The van der Waals surface area contributed by atoms with E-state index in [9.17, 15) is 4.79 Å². The first-order valence-electron chi connectivity index (χ1n) is 10.2. The predicted octanol–water partition coefficient (Wildman–Crippen LogP) is 3.41. The zero-order chi connectivity index (χ0) is 21.6. The van der Waals surface area contributed by atoms with Crippen LogP contribution in [0.1, 0.15) is 31.5 Å². The molecule has 1 aliphatic carbocycles. The Kier molecular flexibility index (Phi) is 5.04. The van der Waals surface area contributed by atoms with Crippen LogP contribution in [-0.2, 0) is 21.6 Å². The van der Waals surface area contributed by atoms with Crippen LogP contribution in [-0.4, -0.2) is 44.9 Å². The van der Waals surface area contributed by atoms with Crippen LogP contribution in [0.4, 0.5) is 0 Å². The van der Waals surface area contributed by atoms with E-state index in [0.29, 0.717) is 40.7 Å². The molecule has 10 heteroatoms. The molecule has 1 fully saturated rings. The van der Waals surface area contributed by atoms with E-state index < -0.39 is 5.60 Å². The zero-order valence-corrected chi connectivity index (χ0v) is 18.1. The maximum Gasteiger partial charge on any atom is 0.279 e. The number of benzene rings is 1. The van der Waals surface area contributed by atoms with E-state index in [1.807, 2.05) is 12.1 Å². The van der Waals surface area contributed by atoms with E-state index in [2.05, 4.69) is 15.1 Å². The predicted molar refractivity (Wildman–Crippen MR) is 114 cm³/mol. The molecular weight excluding hydrogens is 422 g/mol. The third-order valence-electron chi connectivity index (χ3n) is 6.07. The van der Waals surface area contributed by atoms with Gasteiger partial charge in [0.1, 0.15) is 17.4 Å². The molecule has 0 radical (unpaired) electrons. The molecule has 3 aromatic heterocycles. The standard InChI is InChI=1S/C21H22ClN5O4/c1-29-11-10-26-16-13(22)6-5-7-14(16)27-12-23-15(17(27)19(26)28)18-24-20(25-31-18)21(30-2)8-3-4-9-21/h5-7,12H,3-4,8-11H2,1-2H3. The number of rotatable bonds is 6. The van der Waals surface area contributed by atoms with Gasteiger partial charge in [0, 0.05) is 20.8 Å². The maximum absolute atomic E-state index is 13.5. The molecule has 0 spiro atoms. The average Bonchev–Trinajstić information content (AvgIpc) is 3.52. The summed E-state index contributed by atoms with van der Waals surface area (Å²) in [7, 11) is 3.25. The van der Waals surface area contributed by atoms with Gasteiger partial charge in [0.15, 0.2) is 5.69 Å². The van der Waals surface area contributed by atoms with Gasteiger partial charge in [0.05, 0.1) is 22.7 Å². The lowest BCUT2D eigenvalue weighted by atomic mass is 10.0. The van der Waals surface area contributed by atoms with Crippen LogP contribution in [0.15, 0.2) is 33.8 Å². The number of ether oxygens (including phenoxy) is 2. The van der Waals surface area contributed by atoms with Crippen LogP contribution in [0, 0.1) is 0 Å². The molecule has 1 saturated carbocycles. The maximum atomic E-state index is 13.5. The first kappa shape index (κ1) is 20.2. The second-order valence-corrected chi connectivity index (χ2v) is 8.10. The number of fused-ring (bicyclic) bond motifs is 3. The molecule has 0 saturated heterocycles. The molecule has 0 atom stereocenters. The summed E-state index contributed by atoms with van der Waals surface area (Å²) in [6.07, 6.45) is 5.33. The quantitative estimate of drug-likeness (QED) is 0.450. The lowest BCUT2D eigenvalue weighted by molar-refractivity contribution is -0.0178. The van der Waals surface area contributed by atoms with Crippen molar-refractivity contribution >= 4 is 28.2 Å². The van der Waals surface area contributed by atoms with Crippen LogP contribution in [0.2, 0.25) is 5.02 Å². The molecule has 0 N–H and O–H groups in total. The number of nitrogens with zero attached hydrogens (tertiary/aromatic N) is 5. The molecule has 0 unspecified atom stereocenters. The Labute approximate surface area is 182 Å². The van der Waals surface area contributed by atoms with Crippen LogP contribution >= 0.6 is 11.6 Å². The van der Waals surface area contributed by atoms with Gasteiger partial charge in [-0.15, -0.1) is 0 Å². The van der Waals surface area contributed by atoms with E-state index in [1.165, 1.54) is 0 Å². The highest BCUT2D eigenvalue weighted by atomic mass is 35.5.